The smallest absolute Gasteiger partial charge is 0.165 e. The number of nitrogens with one attached hydrogen (secondary N) is 8. The summed E-state index contributed by atoms with van der Waals surface area (Å²) in [5.74, 6) is 8.08. The quantitative estimate of drug-likeness (QED) is 0.0250. The topological polar surface area (TPSA) is 356 Å². The van der Waals surface area contributed by atoms with Gasteiger partial charge in [0, 0.05) is 122 Å². The van der Waals surface area contributed by atoms with Gasteiger partial charge in [-0.25, -0.2) is 39.9 Å². The van der Waals surface area contributed by atoms with Crippen molar-refractivity contribution in [2.24, 2.45) is 0 Å². The number of aromatic hydroxyl groups is 4. The molecule has 27 nitrogen and oxygen atoms in total. The standard InChI is InChI=1S/C25H23ClN4O.C23H28N4O4.C22H26N4O4.C20H22N4O2/c1-15-9-10-23(31)19(11-15)25-28-21-8-3-2-7-18(21)24(30-25)29-22-14-27-13-20(22)16-5-4-6-17(26)12-16;1-14-4-5-19(28)17(10-14)23-26-18-12-21(31-9-8-29-2)20(30-3)11-16(18)22(27-23)25-15-6-7-24-13-15;1-28-9-10-30-20-12-17-16(11-19(20)29-2)22(24-14-7-8-23-13-14)26-21(25-17)15-5-3-4-6-18(15)27;1-12-6-7-18(26)16(8-12)20-23-17-5-3-2-4-15(17)19(24-20)22-13-9-14(11-25)21-10-13/h2-12,20,22,27,31H,13-14H2,1H3,(H,28,29,30);4-5,10-12,15,24,28H,6-9,13H2,1-3H3,(H,25,26,27);3-6,11-12,14,23,27H,7-10,13H2,1-2H3,(H,24,25,26);2-8,13-14,21,25-26H,9-11H2,1H3,(H,22,23,24)/t20-,22?;15-;14-;13-,14+/m0000/s1. The molecule has 13 N–H and O–H groups in total. The highest BCUT2D eigenvalue weighted by Crippen LogP contribution is 2.42. The molecule has 8 heterocycles. The number of halogens is 1. The molecule has 28 heteroatoms. The predicted octanol–water partition coefficient (Wildman–Crippen LogP) is 13.5. The molecule has 0 spiro atoms. The van der Waals surface area contributed by atoms with E-state index >= 15 is 0 Å². The lowest BCUT2D eigenvalue weighted by Crippen LogP contribution is -2.27. The van der Waals surface area contributed by atoms with E-state index in [0.29, 0.717) is 118 Å². The highest BCUT2D eigenvalue weighted by Gasteiger charge is 2.31. The minimum atomic E-state index is 0.112. The van der Waals surface area contributed by atoms with E-state index in [1.165, 1.54) is 5.56 Å². The van der Waals surface area contributed by atoms with Crippen LogP contribution in [0, 0.1) is 20.8 Å². The third kappa shape index (κ3) is 20.0. The number of fused-ring (bicyclic) bond motifs is 4. The first-order valence-electron chi connectivity index (χ1n) is 39.5. The summed E-state index contributed by atoms with van der Waals surface area (Å²) in [5.41, 5.74) is 9.77. The number of nitrogens with zero attached hydrogens (tertiary/aromatic N) is 8. The van der Waals surface area contributed by atoms with Crippen LogP contribution in [0.4, 0.5) is 23.3 Å². The zero-order valence-electron chi connectivity index (χ0n) is 67.0. The Labute approximate surface area is 689 Å². The number of aliphatic hydroxyl groups is 1. The fraction of sp³-hybridized carbons (Fsp3) is 0.311. The van der Waals surface area contributed by atoms with E-state index in [1.54, 1.807) is 64.8 Å². The van der Waals surface area contributed by atoms with Crippen LogP contribution in [0.15, 0.2) is 176 Å². The third-order valence-corrected chi connectivity index (χ3v) is 21.2. The van der Waals surface area contributed by atoms with Crippen molar-refractivity contribution >= 4 is 78.5 Å². The number of ether oxygens (including phenoxy) is 6. The highest BCUT2D eigenvalue weighted by molar-refractivity contribution is 6.30. The highest BCUT2D eigenvalue weighted by atomic mass is 35.5. The van der Waals surface area contributed by atoms with Gasteiger partial charge in [-0.1, -0.05) is 95.0 Å². The fourth-order valence-electron chi connectivity index (χ4n) is 14.8. The average Bonchev–Trinajstić information content (AvgIpc) is 0.864. The first-order chi connectivity index (χ1) is 57.5. The van der Waals surface area contributed by atoms with Gasteiger partial charge < -0.3 is 96.5 Å². The third-order valence-electron chi connectivity index (χ3n) is 21.0. The Morgan fingerprint density at radius 2 is 0.847 bits per heavy atom. The number of aryl methyl sites for hydroxylation is 3. The molecule has 612 valence electrons. The molecule has 118 heavy (non-hydrogen) atoms. The molecule has 17 rings (SSSR count). The first-order valence-corrected chi connectivity index (χ1v) is 39.9. The molecule has 4 aliphatic rings. The number of rotatable bonds is 24. The Morgan fingerprint density at radius 1 is 0.398 bits per heavy atom. The zero-order valence-corrected chi connectivity index (χ0v) is 67.7. The van der Waals surface area contributed by atoms with Crippen LogP contribution in [-0.2, 0) is 9.47 Å². The van der Waals surface area contributed by atoms with Crippen molar-refractivity contribution in [2.75, 3.05) is 129 Å². The summed E-state index contributed by atoms with van der Waals surface area (Å²) in [7, 11) is 6.47. The van der Waals surface area contributed by atoms with E-state index in [1.807, 2.05) is 154 Å². The number of hydrogen-bond donors (Lipinski definition) is 13. The molecule has 9 aromatic carbocycles. The monoisotopic (exact) mass is 1610 g/mol. The van der Waals surface area contributed by atoms with Gasteiger partial charge in [-0.3, -0.25) is 0 Å². The second kappa shape index (κ2) is 38.8. The molecule has 4 aromatic heterocycles. The Morgan fingerprint density at radius 3 is 1.31 bits per heavy atom. The van der Waals surface area contributed by atoms with Crippen LogP contribution < -0.4 is 61.5 Å². The van der Waals surface area contributed by atoms with Gasteiger partial charge in [0.05, 0.1) is 78.4 Å². The minimum Gasteiger partial charge on any atom is -0.507 e. The summed E-state index contributed by atoms with van der Waals surface area (Å²) in [6, 6.07) is 55.6. The van der Waals surface area contributed by atoms with Crippen LogP contribution in [0.3, 0.4) is 0 Å². The normalized spacial score (nSPS) is 17.4. The largest absolute Gasteiger partial charge is 0.507 e. The second-order valence-electron chi connectivity index (χ2n) is 29.5. The van der Waals surface area contributed by atoms with E-state index in [9.17, 15) is 25.5 Å². The van der Waals surface area contributed by atoms with E-state index in [0.717, 1.165) is 131 Å². The summed E-state index contributed by atoms with van der Waals surface area (Å²) < 4.78 is 32.9. The maximum absolute atomic E-state index is 10.4. The minimum absolute atomic E-state index is 0.112. The summed E-state index contributed by atoms with van der Waals surface area (Å²) in [6.07, 6.45) is 2.85. The number of phenols is 4. The molecule has 4 aliphatic heterocycles. The van der Waals surface area contributed by atoms with Gasteiger partial charge >= 0.3 is 0 Å². The van der Waals surface area contributed by atoms with Crippen molar-refractivity contribution < 1.29 is 54.0 Å². The number of para-hydroxylation sites is 3. The van der Waals surface area contributed by atoms with Gasteiger partial charge in [-0.15, -0.1) is 0 Å². The van der Waals surface area contributed by atoms with E-state index < -0.39 is 0 Å². The van der Waals surface area contributed by atoms with Crippen molar-refractivity contribution in [3.05, 3.63) is 203 Å². The summed E-state index contributed by atoms with van der Waals surface area (Å²) in [4.78, 5) is 37.9. The maximum atomic E-state index is 10.4. The van der Waals surface area contributed by atoms with Gasteiger partial charge in [0.2, 0.25) is 0 Å². The summed E-state index contributed by atoms with van der Waals surface area (Å²) in [6.45, 7) is 13.9. The second-order valence-corrected chi connectivity index (χ2v) is 30.0. The molecule has 1 unspecified atom stereocenters. The number of methoxy groups -OCH3 is 4. The van der Waals surface area contributed by atoms with E-state index in [-0.39, 0.29) is 65.7 Å². The molecular weight excluding hydrogens is 1520 g/mol. The molecule has 13 aromatic rings. The molecule has 4 saturated heterocycles. The van der Waals surface area contributed by atoms with Crippen LogP contribution in [0.5, 0.6) is 46.0 Å². The lowest BCUT2D eigenvalue weighted by Gasteiger charge is -2.22. The van der Waals surface area contributed by atoms with Crippen molar-refractivity contribution in [3.63, 3.8) is 0 Å². The summed E-state index contributed by atoms with van der Waals surface area (Å²) in [5, 5.41) is 82.8. The van der Waals surface area contributed by atoms with Crippen LogP contribution in [0.25, 0.3) is 89.2 Å². The molecule has 6 atom stereocenters. The van der Waals surface area contributed by atoms with E-state index in [4.69, 9.17) is 74.9 Å². The number of benzene rings is 9. The lowest BCUT2D eigenvalue weighted by atomic mass is 9.94. The van der Waals surface area contributed by atoms with Gasteiger partial charge in [0.25, 0.3) is 0 Å². The number of aliphatic hydroxyl groups excluding tert-OH is 1. The Bertz CT molecular complexity index is 5670. The predicted molar refractivity (Wildman–Crippen MR) is 464 cm³/mol. The Kier molecular flexibility index (Phi) is 27.1. The van der Waals surface area contributed by atoms with Crippen LogP contribution in [-0.4, -0.2) is 203 Å². The van der Waals surface area contributed by atoms with Crippen molar-refractivity contribution in [1.82, 2.24) is 61.1 Å². The fourth-order valence-corrected chi connectivity index (χ4v) is 15.0. The number of anilines is 4. The van der Waals surface area contributed by atoms with Gasteiger partial charge in [-0.2, -0.15) is 0 Å². The van der Waals surface area contributed by atoms with Crippen molar-refractivity contribution in [1.29, 1.82) is 0 Å². The Hall–Kier alpha value is -12.1. The zero-order chi connectivity index (χ0) is 82.2. The van der Waals surface area contributed by atoms with Crippen molar-refractivity contribution in [3.8, 4) is 91.5 Å². The van der Waals surface area contributed by atoms with Crippen molar-refractivity contribution in [2.45, 2.75) is 76.2 Å². The molecule has 0 radical (unpaired) electrons. The van der Waals surface area contributed by atoms with Crippen LogP contribution in [0.2, 0.25) is 5.02 Å². The molecular formula is C90H99ClN16O11. The molecule has 0 aliphatic carbocycles. The van der Waals surface area contributed by atoms with Crippen LogP contribution in [0.1, 0.15) is 47.4 Å². The van der Waals surface area contributed by atoms with Crippen LogP contribution >= 0.6 is 11.6 Å². The SMILES string of the molecule is COCCOc1cc2nc(-c3cc(C)ccc3O)nc(N[C@H]3CCNC3)c2cc1OC.COCCOc1cc2nc(-c3ccccc3O)nc(N[C@H]3CCNC3)c2cc1OC.Cc1ccc(O)c(-c2nc(NC3CNC[C@H]3c3cccc(Cl)c3)c3ccccc3n2)c1.Cc1ccc(O)c(-c2nc(N[C@@H]3CN[C@@H](CO)C3)c3ccccc3n2)c1. The molecule has 0 amide bonds. The number of aromatic nitrogens is 8. The summed E-state index contributed by atoms with van der Waals surface area (Å²) >= 11 is 6.24. The maximum Gasteiger partial charge on any atom is 0.165 e. The van der Waals surface area contributed by atoms with Gasteiger partial charge in [0.1, 0.15) is 59.5 Å². The first kappa shape index (κ1) is 82.5. The van der Waals surface area contributed by atoms with E-state index in [2.05, 4.69) is 53.6 Å². The average molecular weight is 1620 g/mol. The molecule has 4 fully saturated rings. The van der Waals surface area contributed by atoms with Gasteiger partial charge in [0.15, 0.2) is 46.3 Å². The van der Waals surface area contributed by atoms with Gasteiger partial charge in [-0.05, 0) is 156 Å². The number of hydrogen-bond acceptors (Lipinski definition) is 27. The molecule has 0 saturated carbocycles. The molecule has 0 bridgehead atoms. The Balaban J connectivity index is 0.000000130. The number of phenolic OH excluding ortho intramolecular Hbond substituents is 4. The lowest BCUT2D eigenvalue weighted by molar-refractivity contribution is 0.144.